The van der Waals surface area contributed by atoms with Gasteiger partial charge in [0.25, 0.3) is 5.91 Å². The number of nitrogens with one attached hydrogen (secondary N) is 1. The Morgan fingerprint density at radius 3 is 3.15 bits per heavy atom. The molecule has 1 unspecified atom stereocenters. The molecule has 0 aliphatic heterocycles. The highest BCUT2D eigenvalue weighted by Gasteiger charge is 2.25. The van der Waals surface area contributed by atoms with Crippen LogP contribution in [0.2, 0.25) is 0 Å². The van der Waals surface area contributed by atoms with E-state index in [9.17, 15) is 4.79 Å². The Morgan fingerprint density at radius 1 is 1.37 bits per heavy atom. The second-order valence-electron chi connectivity index (χ2n) is 6.86. The summed E-state index contributed by atoms with van der Waals surface area (Å²) < 4.78 is 1.62. The fraction of sp³-hybridized carbons (Fsp3) is 0.316. The molecule has 1 atom stereocenters. The lowest BCUT2D eigenvalue weighted by Crippen LogP contribution is -2.24. The smallest absolute Gasteiger partial charge is 0.291 e. The van der Waals surface area contributed by atoms with E-state index >= 15 is 0 Å². The van der Waals surface area contributed by atoms with Gasteiger partial charge in [-0.25, -0.2) is 14.5 Å². The molecule has 7 nitrogen and oxygen atoms in total. The van der Waals surface area contributed by atoms with Crippen LogP contribution in [0.1, 0.15) is 52.4 Å². The number of rotatable bonds is 3. The zero-order chi connectivity index (χ0) is 18.4. The molecule has 0 spiro atoms. The van der Waals surface area contributed by atoms with Gasteiger partial charge in [0.05, 0.1) is 17.6 Å². The first-order chi connectivity index (χ1) is 13.2. The lowest BCUT2D eigenvalue weighted by Gasteiger charge is -2.18. The van der Waals surface area contributed by atoms with E-state index in [0.29, 0.717) is 18.1 Å². The van der Waals surface area contributed by atoms with Crippen LogP contribution in [0.15, 0.2) is 30.7 Å². The molecule has 0 bridgehead atoms. The van der Waals surface area contributed by atoms with Crippen LogP contribution in [-0.2, 0) is 13.0 Å². The normalized spacial score (nSPS) is 16.6. The number of carbonyl (C=O) groups is 1. The van der Waals surface area contributed by atoms with Crippen LogP contribution in [0.4, 0.5) is 0 Å². The van der Waals surface area contributed by atoms with Crippen LogP contribution in [0, 0.1) is 0 Å². The Morgan fingerprint density at radius 2 is 2.30 bits per heavy atom. The molecule has 0 saturated carbocycles. The molecule has 136 valence electrons. The largest absolute Gasteiger partial charge is 0.344 e. The van der Waals surface area contributed by atoms with Crippen molar-refractivity contribution >= 4 is 33.1 Å². The molecule has 8 heteroatoms. The summed E-state index contributed by atoms with van der Waals surface area (Å²) in [6, 6.07) is 5.60. The minimum absolute atomic E-state index is 0.156. The molecule has 0 saturated heterocycles. The van der Waals surface area contributed by atoms with Gasteiger partial charge >= 0.3 is 0 Å². The second kappa shape index (κ2) is 6.38. The fourth-order valence-electron chi connectivity index (χ4n) is 3.73. The van der Waals surface area contributed by atoms with Crippen molar-refractivity contribution in [2.75, 3.05) is 0 Å². The summed E-state index contributed by atoms with van der Waals surface area (Å²) in [5.74, 6) is 0.326. The summed E-state index contributed by atoms with van der Waals surface area (Å²) in [4.78, 5) is 28.2. The second-order valence-corrected chi connectivity index (χ2v) is 7.95. The maximum absolute atomic E-state index is 12.5. The number of carbonyl (C=O) groups excluding carboxylic acids is 1. The third-order valence-corrected chi connectivity index (χ3v) is 6.21. The monoisotopic (exact) mass is 378 g/mol. The first kappa shape index (κ1) is 16.3. The average Bonchev–Trinajstić information content (AvgIpc) is 3.28. The van der Waals surface area contributed by atoms with Gasteiger partial charge in [0, 0.05) is 11.1 Å². The van der Waals surface area contributed by atoms with Crippen molar-refractivity contribution in [1.29, 1.82) is 0 Å². The molecular weight excluding hydrogens is 360 g/mol. The highest BCUT2D eigenvalue weighted by atomic mass is 32.1. The zero-order valence-electron chi connectivity index (χ0n) is 14.8. The topological polar surface area (TPSA) is 85.1 Å². The molecule has 4 aromatic rings. The van der Waals surface area contributed by atoms with Crippen molar-refractivity contribution in [2.45, 2.75) is 38.6 Å². The molecule has 5 rings (SSSR count). The lowest BCUT2D eigenvalue weighted by atomic mass is 9.87. The minimum Gasteiger partial charge on any atom is -0.344 e. The summed E-state index contributed by atoms with van der Waals surface area (Å²) in [5, 5.41) is 8.23. The molecule has 4 aromatic heterocycles. The summed E-state index contributed by atoms with van der Waals surface area (Å²) in [6.45, 7) is 2.60. The molecule has 27 heavy (non-hydrogen) atoms. The lowest BCUT2D eigenvalue weighted by molar-refractivity contribution is 0.0940. The number of hydrogen-bond donors (Lipinski definition) is 1. The van der Waals surface area contributed by atoms with E-state index < -0.39 is 0 Å². The van der Waals surface area contributed by atoms with Gasteiger partial charge in [0.2, 0.25) is 5.82 Å². The maximum Gasteiger partial charge on any atom is 0.291 e. The van der Waals surface area contributed by atoms with Crippen LogP contribution in [0.3, 0.4) is 0 Å². The van der Waals surface area contributed by atoms with E-state index in [0.717, 1.165) is 22.3 Å². The van der Waals surface area contributed by atoms with E-state index in [1.807, 2.05) is 18.2 Å². The van der Waals surface area contributed by atoms with Crippen molar-refractivity contribution in [1.82, 2.24) is 29.9 Å². The summed E-state index contributed by atoms with van der Waals surface area (Å²) in [6.07, 6.45) is 6.83. The van der Waals surface area contributed by atoms with Crippen LogP contribution in [0.5, 0.6) is 0 Å². The quantitative estimate of drug-likeness (QED) is 0.592. The van der Waals surface area contributed by atoms with Gasteiger partial charge in [0.15, 0.2) is 5.65 Å². The van der Waals surface area contributed by atoms with Gasteiger partial charge in [-0.15, -0.1) is 16.4 Å². The Bertz CT molecular complexity index is 1150. The fourth-order valence-corrected chi connectivity index (χ4v) is 5.03. The molecule has 1 aliphatic rings. The highest BCUT2D eigenvalue weighted by molar-refractivity contribution is 7.19. The van der Waals surface area contributed by atoms with Crippen molar-refractivity contribution < 1.29 is 4.79 Å². The molecule has 1 N–H and O–H groups in total. The SMILES string of the molecule is CC1CCCc2sc3ncn4nc(C(=O)NCc5ccccn5)nc4c3c21. The van der Waals surface area contributed by atoms with Crippen LogP contribution >= 0.6 is 11.3 Å². The van der Waals surface area contributed by atoms with Gasteiger partial charge in [-0.05, 0) is 42.9 Å². The van der Waals surface area contributed by atoms with E-state index in [-0.39, 0.29) is 11.7 Å². The third kappa shape index (κ3) is 2.76. The molecule has 0 aromatic carbocycles. The molecule has 1 amide bonds. The maximum atomic E-state index is 12.5. The summed E-state index contributed by atoms with van der Waals surface area (Å²) in [7, 11) is 0. The van der Waals surface area contributed by atoms with Crippen LogP contribution in [-0.4, -0.2) is 30.5 Å². The first-order valence-electron chi connectivity index (χ1n) is 9.05. The van der Waals surface area contributed by atoms with Gasteiger partial charge in [-0.3, -0.25) is 9.78 Å². The number of nitrogens with zero attached hydrogens (tertiary/aromatic N) is 5. The van der Waals surface area contributed by atoms with Crippen molar-refractivity contribution in [3.63, 3.8) is 0 Å². The molecule has 0 fully saturated rings. The standard InChI is InChI=1S/C19H18N6OS/c1-11-5-4-7-13-14(11)15-17-23-16(24-25(17)10-22-19(15)27-13)18(26)21-9-12-6-2-3-8-20-12/h2-3,6,8,10-11H,4-5,7,9H2,1H3,(H,21,26). The van der Waals surface area contributed by atoms with Crippen molar-refractivity contribution in [3.05, 3.63) is 52.7 Å². The number of hydrogen-bond acceptors (Lipinski definition) is 6. The van der Waals surface area contributed by atoms with Gasteiger partial charge in [-0.2, -0.15) is 0 Å². The molecule has 4 heterocycles. The zero-order valence-corrected chi connectivity index (χ0v) is 15.7. The predicted molar refractivity (Wildman–Crippen MR) is 103 cm³/mol. The van der Waals surface area contributed by atoms with Crippen molar-refractivity contribution in [2.24, 2.45) is 0 Å². The minimum atomic E-state index is -0.311. The Balaban J connectivity index is 1.52. The van der Waals surface area contributed by atoms with E-state index in [4.69, 9.17) is 0 Å². The number of amides is 1. The van der Waals surface area contributed by atoms with Crippen LogP contribution < -0.4 is 5.32 Å². The van der Waals surface area contributed by atoms with Gasteiger partial charge in [-0.1, -0.05) is 13.0 Å². The third-order valence-electron chi connectivity index (χ3n) is 5.04. The van der Waals surface area contributed by atoms with Gasteiger partial charge < -0.3 is 5.32 Å². The molecule has 0 radical (unpaired) electrons. The first-order valence-corrected chi connectivity index (χ1v) is 9.87. The summed E-state index contributed by atoms with van der Waals surface area (Å²) in [5.41, 5.74) is 2.85. The van der Waals surface area contributed by atoms with Crippen LogP contribution in [0.25, 0.3) is 15.9 Å². The van der Waals surface area contributed by atoms with E-state index in [2.05, 4.69) is 32.3 Å². The predicted octanol–water partition coefficient (Wildman–Crippen LogP) is 3.10. The molecular formula is C19H18N6OS. The van der Waals surface area contributed by atoms with E-state index in [1.54, 1.807) is 28.4 Å². The average molecular weight is 378 g/mol. The number of aromatic nitrogens is 5. The van der Waals surface area contributed by atoms with E-state index in [1.165, 1.54) is 23.3 Å². The van der Waals surface area contributed by atoms with Gasteiger partial charge in [0.1, 0.15) is 11.2 Å². The number of pyridine rings is 1. The Hall–Kier alpha value is -2.87. The Kier molecular flexibility index (Phi) is 3.86. The number of fused-ring (bicyclic) bond motifs is 5. The molecule has 1 aliphatic carbocycles. The van der Waals surface area contributed by atoms with Crippen molar-refractivity contribution in [3.8, 4) is 0 Å². The highest BCUT2D eigenvalue weighted by Crippen LogP contribution is 2.42. The summed E-state index contributed by atoms with van der Waals surface area (Å²) >= 11 is 1.74. The Labute approximate surface area is 159 Å². The number of thiophene rings is 1. The number of aryl methyl sites for hydroxylation is 1.